The lowest BCUT2D eigenvalue weighted by Gasteiger charge is -2.21. The molecule has 1 amide bonds. The SMILES string of the molecule is COC(=O)/C=C/c1cccc(C)c1N1Cc2ccccc2C1=O. The van der Waals surface area contributed by atoms with Crippen molar-refractivity contribution in [3.8, 4) is 0 Å². The number of anilines is 1. The first-order valence-electron chi connectivity index (χ1n) is 7.37. The van der Waals surface area contributed by atoms with Crippen molar-refractivity contribution in [2.75, 3.05) is 12.0 Å². The summed E-state index contributed by atoms with van der Waals surface area (Å²) in [5.41, 5.74) is 4.38. The molecule has 0 atom stereocenters. The Bertz CT molecular complexity index is 808. The molecule has 1 aliphatic heterocycles. The van der Waals surface area contributed by atoms with Crippen molar-refractivity contribution in [1.82, 2.24) is 0 Å². The zero-order valence-electron chi connectivity index (χ0n) is 13.1. The number of amides is 1. The van der Waals surface area contributed by atoms with Crippen molar-refractivity contribution in [1.29, 1.82) is 0 Å². The second-order valence-electron chi connectivity index (χ2n) is 5.42. The van der Waals surface area contributed by atoms with E-state index in [-0.39, 0.29) is 5.91 Å². The number of carbonyl (C=O) groups excluding carboxylic acids is 2. The van der Waals surface area contributed by atoms with Gasteiger partial charge in [0, 0.05) is 11.6 Å². The fourth-order valence-corrected chi connectivity index (χ4v) is 2.85. The highest BCUT2D eigenvalue weighted by Crippen LogP contribution is 2.33. The van der Waals surface area contributed by atoms with Crippen molar-refractivity contribution >= 4 is 23.6 Å². The minimum Gasteiger partial charge on any atom is -0.466 e. The van der Waals surface area contributed by atoms with Gasteiger partial charge >= 0.3 is 5.97 Å². The van der Waals surface area contributed by atoms with Crippen LogP contribution in [-0.4, -0.2) is 19.0 Å². The highest BCUT2D eigenvalue weighted by molar-refractivity contribution is 6.11. The summed E-state index contributed by atoms with van der Waals surface area (Å²) in [6.45, 7) is 2.50. The number of methoxy groups -OCH3 is 1. The van der Waals surface area contributed by atoms with Gasteiger partial charge in [0.15, 0.2) is 0 Å². The number of esters is 1. The van der Waals surface area contributed by atoms with Crippen LogP contribution in [0.25, 0.3) is 6.08 Å². The van der Waals surface area contributed by atoms with Crippen LogP contribution in [0.1, 0.15) is 27.0 Å². The molecule has 0 bridgehead atoms. The third kappa shape index (κ3) is 2.75. The minimum atomic E-state index is -0.423. The molecule has 4 heteroatoms. The average molecular weight is 307 g/mol. The summed E-state index contributed by atoms with van der Waals surface area (Å²) in [5.74, 6) is -0.434. The molecule has 0 saturated carbocycles. The van der Waals surface area contributed by atoms with E-state index in [0.717, 1.165) is 27.9 Å². The molecule has 4 nitrogen and oxygen atoms in total. The smallest absolute Gasteiger partial charge is 0.330 e. The Morgan fingerprint density at radius 1 is 1.17 bits per heavy atom. The summed E-state index contributed by atoms with van der Waals surface area (Å²) in [6, 6.07) is 13.4. The van der Waals surface area contributed by atoms with Gasteiger partial charge in [-0.1, -0.05) is 36.4 Å². The Hall–Kier alpha value is -2.88. The molecule has 0 fully saturated rings. The maximum atomic E-state index is 12.7. The molecule has 2 aromatic rings. The van der Waals surface area contributed by atoms with E-state index < -0.39 is 5.97 Å². The van der Waals surface area contributed by atoms with Crippen LogP contribution in [0.4, 0.5) is 5.69 Å². The van der Waals surface area contributed by atoms with Crippen molar-refractivity contribution in [2.45, 2.75) is 13.5 Å². The van der Waals surface area contributed by atoms with E-state index in [0.29, 0.717) is 6.54 Å². The lowest BCUT2D eigenvalue weighted by molar-refractivity contribution is -0.134. The fraction of sp³-hybridized carbons (Fsp3) is 0.158. The molecule has 0 saturated heterocycles. The number of benzene rings is 2. The molecule has 1 heterocycles. The molecule has 0 spiro atoms. The highest BCUT2D eigenvalue weighted by atomic mass is 16.5. The summed E-state index contributed by atoms with van der Waals surface area (Å²) >= 11 is 0. The maximum absolute atomic E-state index is 12.7. The van der Waals surface area contributed by atoms with Crippen LogP contribution in [0, 0.1) is 6.92 Å². The average Bonchev–Trinajstić information content (AvgIpc) is 2.89. The first kappa shape index (κ1) is 15.0. The van der Waals surface area contributed by atoms with Crippen LogP contribution >= 0.6 is 0 Å². The first-order valence-corrected chi connectivity index (χ1v) is 7.37. The molecule has 0 radical (unpaired) electrons. The van der Waals surface area contributed by atoms with Gasteiger partial charge in [-0.3, -0.25) is 4.79 Å². The first-order chi connectivity index (χ1) is 11.1. The summed E-state index contributed by atoms with van der Waals surface area (Å²) in [7, 11) is 1.34. The summed E-state index contributed by atoms with van der Waals surface area (Å²) < 4.78 is 4.63. The summed E-state index contributed by atoms with van der Waals surface area (Å²) in [6.07, 6.45) is 3.05. The predicted molar refractivity (Wildman–Crippen MR) is 89.2 cm³/mol. The van der Waals surface area contributed by atoms with E-state index in [2.05, 4.69) is 4.74 Å². The second-order valence-corrected chi connectivity index (χ2v) is 5.42. The lowest BCUT2D eigenvalue weighted by atomic mass is 10.1. The third-order valence-corrected chi connectivity index (χ3v) is 3.96. The number of fused-ring (bicyclic) bond motifs is 1. The zero-order chi connectivity index (χ0) is 16.4. The molecule has 0 unspecified atom stereocenters. The number of para-hydroxylation sites is 1. The van der Waals surface area contributed by atoms with Gasteiger partial charge in [-0.2, -0.15) is 0 Å². The Morgan fingerprint density at radius 3 is 2.70 bits per heavy atom. The topological polar surface area (TPSA) is 46.6 Å². The third-order valence-electron chi connectivity index (χ3n) is 3.96. The number of aryl methyl sites for hydroxylation is 1. The van der Waals surface area contributed by atoms with Gasteiger partial charge in [-0.25, -0.2) is 4.79 Å². The van der Waals surface area contributed by atoms with Gasteiger partial charge in [-0.05, 0) is 35.8 Å². The van der Waals surface area contributed by atoms with Crippen LogP contribution in [0.5, 0.6) is 0 Å². The predicted octanol–water partition coefficient (Wildman–Crippen LogP) is 3.34. The quantitative estimate of drug-likeness (QED) is 0.645. The van der Waals surface area contributed by atoms with Gasteiger partial charge in [-0.15, -0.1) is 0 Å². The van der Waals surface area contributed by atoms with E-state index in [1.807, 2.05) is 49.4 Å². The Kier molecular flexibility index (Phi) is 3.98. The maximum Gasteiger partial charge on any atom is 0.330 e. The minimum absolute atomic E-state index is 0.0115. The van der Waals surface area contributed by atoms with E-state index in [4.69, 9.17) is 0 Å². The molecular weight excluding hydrogens is 290 g/mol. The molecular formula is C19H17NO3. The monoisotopic (exact) mass is 307 g/mol. The molecule has 116 valence electrons. The second kappa shape index (κ2) is 6.08. The number of hydrogen-bond donors (Lipinski definition) is 0. The van der Waals surface area contributed by atoms with Gasteiger partial charge in [0.25, 0.3) is 5.91 Å². The van der Waals surface area contributed by atoms with E-state index in [1.54, 1.807) is 11.0 Å². The molecule has 23 heavy (non-hydrogen) atoms. The molecule has 0 N–H and O–H groups in total. The van der Waals surface area contributed by atoms with Crippen LogP contribution < -0.4 is 4.90 Å². The van der Waals surface area contributed by atoms with Crippen molar-refractivity contribution in [3.05, 3.63) is 70.8 Å². The highest BCUT2D eigenvalue weighted by Gasteiger charge is 2.29. The summed E-state index contributed by atoms with van der Waals surface area (Å²) in [4.78, 5) is 25.8. The van der Waals surface area contributed by atoms with Crippen molar-refractivity contribution in [2.24, 2.45) is 0 Å². The Morgan fingerprint density at radius 2 is 1.96 bits per heavy atom. The van der Waals surface area contributed by atoms with Crippen LogP contribution in [0.15, 0.2) is 48.5 Å². The Labute approximate surface area is 135 Å². The van der Waals surface area contributed by atoms with Crippen molar-refractivity contribution in [3.63, 3.8) is 0 Å². The number of hydrogen-bond acceptors (Lipinski definition) is 3. The number of nitrogens with zero attached hydrogens (tertiary/aromatic N) is 1. The van der Waals surface area contributed by atoms with E-state index >= 15 is 0 Å². The number of rotatable bonds is 3. The van der Waals surface area contributed by atoms with Crippen LogP contribution in [0.2, 0.25) is 0 Å². The number of carbonyl (C=O) groups is 2. The van der Waals surface area contributed by atoms with Gasteiger partial charge in [0.05, 0.1) is 19.3 Å². The van der Waals surface area contributed by atoms with Crippen molar-refractivity contribution < 1.29 is 14.3 Å². The summed E-state index contributed by atoms with van der Waals surface area (Å²) in [5, 5.41) is 0. The largest absolute Gasteiger partial charge is 0.466 e. The fourth-order valence-electron chi connectivity index (χ4n) is 2.85. The van der Waals surface area contributed by atoms with Gasteiger partial charge in [0.2, 0.25) is 0 Å². The standard InChI is InChI=1S/C19H17NO3/c1-13-6-5-8-14(10-11-17(21)23-2)18(13)20-12-15-7-3-4-9-16(15)19(20)22/h3-11H,12H2,1-2H3/b11-10+. The van der Waals surface area contributed by atoms with Gasteiger partial charge < -0.3 is 9.64 Å². The molecule has 3 rings (SSSR count). The molecule has 2 aromatic carbocycles. The Balaban J connectivity index is 2.03. The molecule has 0 aromatic heterocycles. The molecule has 0 aliphatic carbocycles. The van der Waals surface area contributed by atoms with Crippen LogP contribution in [-0.2, 0) is 16.1 Å². The van der Waals surface area contributed by atoms with Crippen LogP contribution in [0.3, 0.4) is 0 Å². The lowest BCUT2D eigenvalue weighted by Crippen LogP contribution is -2.24. The number of ether oxygens (including phenoxy) is 1. The normalized spacial score (nSPS) is 13.5. The molecule has 1 aliphatic rings. The van der Waals surface area contributed by atoms with Gasteiger partial charge in [0.1, 0.15) is 0 Å². The van der Waals surface area contributed by atoms with E-state index in [9.17, 15) is 9.59 Å². The zero-order valence-corrected chi connectivity index (χ0v) is 13.1. The van der Waals surface area contributed by atoms with E-state index in [1.165, 1.54) is 13.2 Å².